The Morgan fingerprint density at radius 1 is 1.15 bits per heavy atom. The maximum atomic E-state index is 12.3. The van der Waals surface area contributed by atoms with Gasteiger partial charge in [0.05, 0.1) is 22.7 Å². The van der Waals surface area contributed by atoms with Gasteiger partial charge in [0.15, 0.2) is 0 Å². The van der Waals surface area contributed by atoms with Gasteiger partial charge in [-0.15, -0.1) is 0 Å². The van der Waals surface area contributed by atoms with Crippen LogP contribution in [0.3, 0.4) is 0 Å². The Balaban J connectivity index is 1.96. The second-order valence-corrected chi connectivity index (χ2v) is 5.08. The molecule has 0 saturated heterocycles. The van der Waals surface area contributed by atoms with Gasteiger partial charge in [0.2, 0.25) is 0 Å². The van der Waals surface area contributed by atoms with Gasteiger partial charge < -0.3 is 0 Å². The zero-order valence-corrected chi connectivity index (χ0v) is 11.5. The molecule has 2 aromatic rings. The van der Waals surface area contributed by atoms with Gasteiger partial charge >= 0.3 is 0 Å². The molecule has 1 aliphatic heterocycles. The number of carbonyl (C=O) groups is 2. The van der Waals surface area contributed by atoms with E-state index in [-0.39, 0.29) is 18.4 Å². The SMILES string of the molecule is Cc1ncc(Cl)cc1CN1C(=O)c2ccccc2C1=O. The number of hydrogen-bond donors (Lipinski definition) is 0. The first-order valence-corrected chi connectivity index (χ1v) is 6.52. The predicted molar refractivity (Wildman–Crippen MR) is 74.6 cm³/mol. The highest BCUT2D eigenvalue weighted by molar-refractivity contribution is 6.30. The minimum Gasteiger partial charge on any atom is -0.270 e. The highest BCUT2D eigenvalue weighted by Gasteiger charge is 2.35. The summed E-state index contributed by atoms with van der Waals surface area (Å²) in [6.45, 7) is 2.01. The van der Waals surface area contributed by atoms with Crippen molar-refractivity contribution in [1.82, 2.24) is 9.88 Å². The molecule has 0 atom stereocenters. The molecule has 0 radical (unpaired) electrons. The lowest BCUT2D eigenvalue weighted by atomic mass is 10.1. The summed E-state index contributed by atoms with van der Waals surface area (Å²) in [5.41, 5.74) is 2.42. The van der Waals surface area contributed by atoms with Crippen molar-refractivity contribution in [2.24, 2.45) is 0 Å². The van der Waals surface area contributed by atoms with Gasteiger partial charge in [0.25, 0.3) is 11.8 Å². The van der Waals surface area contributed by atoms with Crippen LogP contribution in [0.15, 0.2) is 36.5 Å². The van der Waals surface area contributed by atoms with Gasteiger partial charge in [0, 0.05) is 11.9 Å². The van der Waals surface area contributed by atoms with Crippen molar-refractivity contribution in [2.45, 2.75) is 13.5 Å². The van der Waals surface area contributed by atoms with Crippen LogP contribution in [0.1, 0.15) is 32.0 Å². The van der Waals surface area contributed by atoms with Crippen molar-refractivity contribution in [2.75, 3.05) is 0 Å². The largest absolute Gasteiger partial charge is 0.270 e. The topological polar surface area (TPSA) is 50.3 Å². The number of amides is 2. The van der Waals surface area contributed by atoms with Crippen LogP contribution in [-0.2, 0) is 6.54 Å². The van der Waals surface area contributed by atoms with Crippen molar-refractivity contribution in [3.63, 3.8) is 0 Å². The average molecular weight is 287 g/mol. The van der Waals surface area contributed by atoms with Crippen LogP contribution < -0.4 is 0 Å². The third-order valence-corrected chi connectivity index (χ3v) is 3.57. The number of pyridine rings is 1. The van der Waals surface area contributed by atoms with Crippen LogP contribution in [-0.4, -0.2) is 21.7 Å². The Kier molecular flexibility index (Phi) is 3.03. The number of halogens is 1. The van der Waals surface area contributed by atoms with E-state index in [0.717, 1.165) is 11.3 Å². The lowest BCUT2D eigenvalue weighted by molar-refractivity contribution is 0.0642. The number of nitrogens with zero attached hydrogens (tertiary/aromatic N) is 2. The molecule has 1 aromatic heterocycles. The number of fused-ring (bicyclic) bond motifs is 1. The van der Waals surface area contributed by atoms with E-state index in [0.29, 0.717) is 16.1 Å². The molecule has 20 heavy (non-hydrogen) atoms. The molecule has 0 fully saturated rings. The molecule has 0 N–H and O–H groups in total. The smallest absolute Gasteiger partial charge is 0.261 e. The maximum absolute atomic E-state index is 12.3. The monoisotopic (exact) mass is 286 g/mol. The zero-order chi connectivity index (χ0) is 14.3. The van der Waals surface area contributed by atoms with Crippen molar-refractivity contribution in [1.29, 1.82) is 0 Å². The molecular weight excluding hydrogens is 276 g/mol. The number of imide groups is 1. The molecule has 0 spiro atoms. The van der Waals surface area contributed by atoms with E-state index in [1.165, 1.54) is 4.90 Å². The predicted octanol–water partition coefficient (Wildman–Crippen LogP) is 2.84. The van der Waals surface area contributed by atoms with E-state index < -0.39 is 0 Å². The first-order valence-electron chi connectivity index (χ1n) is 6.14. The Labute approximate surface area is 121 Å². The number of benzene rings is 1. The van der Waals surface area contributed by atoms with Crippen LogP contribution in [0.2, 0.25) is 5.02 Å². The minimum atomic E-state index is -0.273. The van der Waals surface area contributed by atoms with Crippen LogP contribution >= 0.6 is 11.6 Å². The van der Waals surface area contributed by atoms with E-state index in [1.807, 2.05) is 6.92 Å². The number of aryl methyl sites for hydroxylation is 1. The standard InChI is InChI=1S/C15H11ClN2O2/c1-9-10(6-11(16)7-17-9)8-18-14(19)12-4-2-3-5-13(12)15(18)20/h2-7H,8H2,1H3. The summed E-state index contributed by atoms with van der Waals surface area (Å²) in [4.78, 5) is 29.9. The molecule has 0 bridgehead atoms. The van der Waals surface area contributed by atoms with Crippen LogP contribution in [0.4, 0.5) is 0 Å². The number of rotatable bonds is 2. The highest BCUT2D eigenvalue weighted by Crippen LogP contribution is 2.25. The molecule has 2 heterocycles. The van der Waals surface area contributed by atoms with Crippen molar-refractivity contribution < 1.29 is 9.59 Å². The zero-order valence-electron chi connectivity index (χ0n) is 10.8. The first-order chi connectivity index (χ1) is 9.58. The number of hydrogen-bond acceptors (Lipinski definition) is 3. The van der Waals surface area contributed by atoms with Crippen molar-refractivity contribution >= 4 is 23.4 Å². The van der Waals surface area contributed by atoms with E-state index in [2.05, 4.69) is 4.98 Å². The molecule has 3 rings (SSSR count). The molecule has 2 amide bonds. The molecule has 100 valence electrons. The average Bonchev–Trinajstić information content (AvgIpc) is 2.68. The summed E-state index contributed by atoms with van der Waals surface area (Å²) in [7, 11) is 0. The van der Waals surface area contributed by atoms with Gasteiger partial charge in [-0.2, -0.15) is 0 Å². The second kappa shape index (κ2) is 4.72. The Morgan fingerprint density at radius 2 is 1.75 bits per heavy atom. The maximum Gasteiger partial charge on any atom is 0.261 e. The molecule has 0 unspecified atom stereocenters. The van der Waals surface area contributed by atoms with Gasteiger partial charge in [-0.25, -0.2) is 0 Å². The Morgan fingerprint density at radius 3 is 2.35 bits per heavy atom. The van der Waals surface area contributed by atoms with E-state index in [1.54, 1.807) is 36.5 Å². The van der Waals surface area contributed by atoms with E-state index in [9.17, 15) is 9.59 Å². The lowest BCUT2D eigenvalue weighted by Gasteiger charge is -2.15. The van der Waals surface area contributed by atoms with Gasteiger partial charge in [-0.3, -0.25) is 19.5 Å². The third kappa shape index (κ3) is 1.98. The van der Waals surface area contributed by atoms with Crippen molar-refractivity contribution in [3.05, 3.63) is 63.9 Å². The summed E-state index contributed by atoms with van der Waals surface area (Å²) < 4.78 is 0. The Bertz CT molecular complexity index is 693. The normalized spacial score (nSPS) is 13.8. The Hall–Kier alpha value is -2.20. The van der Waals surface area contributed by atoms with Crippen LogP contribution in [0.25, 0.3) is 0 Å². The van der Waals surface area contributed by atoms with Crippen LogP contribution in [0, 0.1) is 6.92 Å². The number of aromatic nitrogens is 1. The summed E-state index contributed by atoms with van der Waals surface area (Å²) in [5.74, 6) is -0.546. The fourth-order valence-corrected chi connectivity index (χ4v) is 2.44. The van der Waals surface area contributed by atoms with Gasteiger partial charge in [-0.1, -0.05) is 23.7 Å². The van der Waals surface area contributed by atoms with E-state index >= 15 is 0 Å². The van der Waals surface area contributed by atoms with Crippen LogP contribution in [0.5, 0.6) is 0 Å². The molecular formula is C15H11ClN2O2. The summed E-state index contributed by atoms with van der Waals surface area (Å²) in [6, 6.07) is 8.56. The first kappa shape index (κ1) is 12.8. The lowest BCUT2D eigenvalue weighted by Crippen LogP contribution is -2.29. The quantitative estimate of drug-likeness (QED) is 0.798. The fourth-order valence-electron chi connectivity index (χ4n) is 2.26. The molecule has 0 saturated carbocycles. The molecule has 5 heteroatoms. The number of carbonyl (C=O) groups excluding carboxylic acids is 2. The summed E-state index contributed by atoms with van der Waals surface area (Å²) >= 11 is 5.91. The highest BCUT2D eigenvalue weighted by atomic mass is 35.5. The van der Waals surface area contributed by atoms with Gasteiger partial charge in [-0.05, 0) is 30.7 Å². The molecule has 0 aliphatic carbocycles. The fraction of sp³-hybridized carbons (Fsp3) is 0.133. The summed E-state index contributed by atoms with van der Waals surface area (Å²) in [5, 5.41) is 0.488. The third-order valence-electron chi connectivity index (χ3n) is 3.37. The molecule has 4 nitrogen and oxygen atoms in total. The minimum absolute atomic E-state index is 0.186. The molecule has 1 aliphatic rings. The van der Waals surface area contributed by atoms with Crippen molar-refractivity contribution in [3.8, 4) is 0 Å². The van der Waals surface area contributed by atoms with Gasteiger partial charge in [0.1, 0.15) is 0 Å². The summed E-state index contributed by atoms with van der Waals surface area (Å²) in [6.07, 6.45) is 1.54. The van der Waals surface area contributed by atoms with E-state index in [4.69, 9.17) is 11.6 Å². The molecule has 1 aromatic carbocycles. The second-order valence-electron chi connectivity index (χ2n) is 4.64.